The van der Waals surface area contributed by atoms with Crippen LogP contribution in [-0.4, -0.2) is 20.2 Å². The van der Waals surface area contributed by atoms with Crippen LogP contribution in [0, 0.1) is 18.8 Å². The Kier molecular flexibility index (Phi) is 3.03. The molecule has 1 fully saturated rings. The highest BCUT2D eigenvalue weighted by molar-refractivity contribution is 4.83. The van der Waals surface area contributed by atoms with E-state index in [0.717, 1.165) is 17.7 Å². The number of tetrazole rings is 1. The van der Waals surface area contributed by atoms with E-state index in [9.17, 15) is 0 Å². The number of hydrogen-bond acceptors (Lipinski definition) is 3. The minimum atomic E-state index is 0.537. The van der Waals surface area contributed by atoms with Gasteiger partial charge in [-0.3, -0.25) is 0 Å². The molecular weight excluding hydrogens is 188 g/mol. The third-order valence-corrected chi connectivity index (χ3v) is 3.69. The van der Waals surface area contributed by atoms with Gasteiger partial charge >= 0.3 is 0 Å². The first-order valence-corrected chi connectivity index (χ1v) is 5.93. The van der Waals surface area contributed by atoms with Crippen molar-refractivity contribution >= 4 is 0 Å². The lowest BCUT2D eigenvalue weighted by Crippen LogP contribution is -2.22. The molecule has 0 saturated heterocycles. The lowest BCUT2D eigenvalue weighted by molar-refractivity contribution is 0.213. The topological polar surface area (TPSA) is 43.6 Å². The predicted molar refractivity (Wildman–Crippen MR) is 58.4 cm³/mol. The summed E-state index contributed by atoms with van der Waals surface area (Å²) in [7, 11) is 0. The molecule has 1 heterocycles. The third-order valence-electron chi connectivity index (χ3n) is 3.69. The number of aryl methyl sites for hydroxylation is 1. The van der Waals surface area contributed by atoms with Gasteiger partial charge in [-0.2, -0.15) is 0 Å². The average Bonchev–Trinajstić information content (AvgIpc) is 2.65. The number of rotatable bonds is 2. The van der Waals surface area contributed by atoms with Crippen LogP contribution in [-0.2, 0) is 0 Å². The van der Waals surface area contributed by atoms with Crippen molar-refractivity contribution in [2.24, 2.45) is 11.8 Å². The van der Waals surface area contributed by atoms with E-state index < -0.39 is 0 Å². The molecule has 0 amide bonds. The summed E-state index contributed by atoms with van der Waals surface area (Å²) < 4.78 is 2.00. The molecule has 15 heavy (non-hydrogen) atoms. The van der Waals surface area contributed by atoms with E-state index in [1.54, 1.807) is 0 Å². The third kappa shape index (κ3) is 2.19. The summed E-state index contributed by atoms with van der Waals surface area (Å²) in [4.78, 5) is 0. The molecule has 0 atom stereocenters. The largest absolute Gasteiger partial charge is 0.227 e. The molecule has 2 rings (SSSR count). The van der Waals surface area contributed by atoms with Crippen molar-refractivity contribution in [2.45, 2.75) is 52.5 Å². The highest BCUT2D eigenvalue weighted by Gasteiger charge is 2.25. The van der Waals surface area contributed by atoms with Crippen molar-refractivity contribution in [3.8, 4) is 0 Å². The van der Waals surface area contributed by atoms with E-state index in [1.165, 1.54) is 25.7 Å². The molecule has 1 aromatic rings. The number of nitrogens with zero attached hydrogens (tertiary/aromatic N) is 4. The van der Waals surface area contributed by atoms with Crippen LogP contribution in [0.3, 0.4) is 0 Å². The maximum Gasteiger partial charge on any atom is 0.148 e. The van der Waals surface area contributed by atoms with Crippen LogP contribution in [0.15, 0.2) is 0 Å². The standard InChI is InChI=1S/C11H20N4/c1-8(2)10-4-6-11(7-5-10)15-9(3)12-13-14-15/h8,10-11H,4-7H2,1-3H3. The second-order valence-electron chi connectivity index (χ2n) is 4.98. The van der Waals surface area contributed by atoms with Crippen LogP contribution in [0.5, 0.6) is 0 Å². The molecule has 0 radical (unpaired) electrons. The molecule has 4 heteroatoms. The van der Waals surface area contributed by atoms with Gasteiger partial charge in [0.05, 0.1) is 6.04 Å². The molecule has 0 aromatic carbocycles. The zero-order chi connectivity index (χ0) is 10.8. The minimum absolute atomic E-state index is 0.537. The highest BCUT2D eigenvalue weighted by atomic mass is 15.5. The van der Waals surface area contributed by atoms with Gasteiger partial charge in [0, 0.05) is 0 Å². The Morgan fingerprint density at radius 2 is 1.87 bits per heavy atom. The van der Waals surface area contributed by atoms with E-state index in [0.29, 0.717) is 6.04 Å². The molecule has 0 N–H and O–H groups in total. The minimum Gasteiger partial charge on any atom is -0.227 e. The molecule has 0 unspecified atom stereocenters. The lowest BCUT2D eigenvalue weighted by atomic mass is 9.80. The number of aromatic nitrogens is 4. The summed E-state index contributed by atoms with van der Waals surface area (Å²) in [6.07, 6.45) is 5.10. The fourth-order valence-electron chi connectivity index (χ4n) is 2.59. The lowest BCUT2D eigenvalue weighted by Gasteiger charge is -2.30. The van der Waals surface area contributed by atoms with Gasteiger partial charge in [-0.1, -0.05) is 13.8 Å². The van der Waals surface area contributed by atoms with Crippen LogP contribution in [0.4, 0.5) is 0 Å². The maximum atomic E-state index is 4.06. The Morgan fingerprint density at radius 3 is 2.33 bits per heavy atom. The van der Waals surface area contributed by atoms with E-state index in [1.807, 2.05) is 11.6 Å². The second kappa shape index (κ2) is 4.29. The van der Waals surface area contributed by atoms with Crippen LogP contribution in [0.2, 0.25) is 0 Å². The molecule has 1 aliphatic rings. The smallest absolute Gasteiger partial charge is 0.148 e. The summed E-state index contributed by atoms with van der Waals surface area (Å²) in [6.45, 7) is 6.63. The van der Waals surface area contributed by atoms with Crippen LogP contribution >= 0.6 is 0 Å². The first-order valence-electron chi connectivity index (χ1n) is 5.93. The molecule has 0 aliphatic heterocycles. The Balaban J connectivity index is 1.97. The van der Waals surface area contributed by atoms with Crippen molar-refractivity contribution in [1.29, 1.82) is 0 Å². The van der Waals surface area contributed by atoms with Crippen LogP contribution < -0.4 is 0 Å². The zero-order valence-electron chi connectivity index (χ0n) is 9.85. The molecule has 1 aliphatic carbocycles. The van der Waals surface area contributed by atoms with E-state index >= 15 is 0 Å². The Hall–Kier alpha value is -0.930. The fourth-order valence-corrected chi connectivity index (χ4v) is 2.59. The predicted octanol–water partition coefficient (Wildman–Crippen LogP) is 2.37. The van der Waals surface area contributed by atoms with E-state index in [-0.39, 0.29) is 0 Å². The van der Waals surface area contributed by atoms with Gasteiger partial charge in [0.25, 0.3) is 0 Å². The summed E-state index contributed by atoms with van der Waals surface area (Å²) >= 11 is 0. The van der Waals surface area contributed by atoms with E-state index in [2.05, 4.69) is 29.4 Å². The monoisotopic (exact) mass is 208 g/mol. The quantitative estimate of drug-likeness (QED) is 0.749. The van der Waals surface area contributed by atoms with Crippen molar-refractivity contribution in [3.63, 3.8) is 0 Å². The molecule has 0 spiro atoms. The van der Waals surface area contributed by atoms with Gasteiger partial charge in [-0.25, -0.2) is 4.68 Å². The van der Waals surface area contributed by atoms with Gasteiger partial charge in [-0.05, 0) is 54.9 Å². The second-order valence-corrected chi connectivity index (χ2v) is 4.98. The number of hydrogen-bond donors (Lipinski definition) is 0. The Morgan fingerprint density at radius 1 is 1.20 bits per heavy atom. The van der Waals surface area contributed by atoms with Crippen molar-refractivity contribution in [3.05, 3.63) is 5.82 Å². The zero-order valence-corrected chi connectivity index (χ0v) is 9.85. The van der Waals surface area contributed by atoms with Crippen LogP contribution in [0.1, 0.15) is 51.4 Å². The van der Waals surface area contributed by atoms with Gasteiger partial charge in [0.15, 0.2) is 0 Å². The SMILES string of the molecule is Cc1nnnn1C1CCC(C(C)C)CC1. The summed E-state index contributed by atoms with van der Waals surface area (Å²) in [5, 5.41) is 11.7. The molecule has 0 bridgehead atoms. The normalized spacial score (nSPS) is 27.2. The van der Waals surface area contributed by atoms with Crippen molar-refractivity contribution in [1.82, 2.24) is 20.2 Å². The summed E-state index contributed by atoms with van der Waals surface area (Å²) in [5.74, 6) is 2.67. The van der Waals surface area contributed by atoms with Crippen molar-refractivity contribution < 1.29 is 0 Å². The molecular formula is C11H20N4. The van der Waals surface area contributed by atoms with Gasteiger partial charge in [0.2, 0.25) is 0 Å². The first-order chi connectivity index (χ1) is 7.18. The summed E-state index contributed by atoms with van der Waals surface area (Å²) in [5.41, 5.74) is 0. The average molecular weight is 208 g/mol. The maximum absolute atomic E-state index is 4.06. The molecule has 84 valence electrons. The Bertz CT molecular complexity index is 310. The fraction of sp³-hybridized carbons (Fsp3) is 0.909. The van der Waals surface area contributed by atoms with Gasteiger partial charge in [0.1, 0.15) is 5.82 Å². The molecule has 4 nitrogen and oxygen atoms in total. The van der Waals surface area contributed by atoms with Gasteiger partial charge in [-0.15, -0.1) is 5.10 Å². The molecule has 1 aromatic heterocycles. The van der Waals surface area contributed by atoms with Crippen molar-refractivity contribution in [2.75, 3.05) is 0 Å². The molecule has 1 saturated carbocycles. The van der Waals surface area contributed by atoms with Gasteiger partial charge < -0.3 is 0 Å². The van der Waals surface area contributed by atoms with Crippen LogP contribution in [0.25, 0.3) is 0 Å². The summed E-state index contributed by atoms with van der Waals surface area (Å²) in [6, 6.07) is 0.537. The van der Waals surface area contributed by atoms with E-state index in [4.69, 9.17) is 0 Å². The first kappa shape index (κ1) is 10.6. The Labute approximate surface area is 91.1 Å². The highest BCUT2D eigenvalue weighted by Crippen LogP contribution is 2.35.